The first-order valence-corrected chi connectivity index (χ1v) is 6.37. The Kier molecular flexibility index (Phi) is 6.36. The molecule has 1 N–H and O–H groups in total. The van der Waals surface area contributed by atoms with Crippen molar-refractivity contribution in [3.05, 3.63) is 34.6 Å². The highest BCUT2D eigenvalue weighted by molar-refractivity contribution is 6.30. The Morgan fingerprint density at radius 2 is 2.22 bits per heavy atom. The lowest BCUT2D eigenvalue weighted by Gasteiger charge is -2.16. The summed E-state index contributed by atoms with van der Waals surface area (Å²) in [6.45, 7) is 4.01. The van der Waals surface area contributed by atoms with Crippen molar-refractivity contribution >= 4 is 24.0 Å². The molecule has 1 aliphatic heterocycles. The van der Waals surface area contributed by atoms with Crippen molar-refractivity contribution in [1.82, 2.24) is 10.2 Å². The second-order valence-corrected chi connectivity index (χ2v) is 5.16. The number of nitrogens with one attached hydrogen (secondary N) is 1. The maximum Gasteiger partial charge on any atom is 0.125 e. The fraction of sp³-hybridized carbons (Fsp3) is 0.538. The number of nitrogens with zero attached hydrogens (tertiary/aromatic N) is 1. The molecule has 18 heavy (non-hydrogen) atoms. The van der Waals surface area contributed by atoms with Crippen LogP contribution in [0.4, 0.5) is 4.39 Å². The van der Waals surface area contributed by atoms with E-state index in [1.165, 1.54) is 12.5 Å². The summed E-state index contributed by atoms with van der Waals surface area (Å²) in [5.41, 5.74) is 0.958. The molecule has 0 aromatic heterocycles. The van der Waals surface area contributed by atoms with Crippen molar-refractivity contribution in [2.75, 3.05) is 26.7 Å². The lowest BCUT2D eigenvalue weighted by atomic mass is 10.1. The molecule has 0 radical (unpaired) electrons. The number of likely N-dealkylation sites (tertiary alicyclic amines) is 1. The van der Waals surface area contributed by atoms with Gasteiger partial charge in [-0.05, 0) is 56.2 Å². The molecule has 1 aromatic carbocycles. The Balaban J connectivity index is 0.00000162. The second-order valence-electron chi connectivity index (χ2n) is 4.73. The van der Waals surface area contributed by atoms with E-state index < -0.39 is 0 Å². The Labute approximate surface area is 119 Å². The molecule has 1 heterocycles. The van der Waals surface area contributed by atoms with Gasteiger partial charge in [-0.15, -0.1) is 12.4 Å². The van der Waals surface area contributed by atoms with Gasteiger partial charge in [-0.3, -0.25) is 4.90 Å². The van der Waals surface area contributed by atoms with Crippen molar-refractivity contribution in [2.45, 2.75) is 13.0 Å². The molecule has 0 bridgehead atoms. The van der Waals surface area contributed by atoms with Crippen molar-refractivity contribution in [2.24, 2.45) is 5.92 Å². The third-order valence-electron chi connectivity index (χ3n) is 3.19. The van der Waals surface area contributed by atoms with Crippen molar-refractivity contribution < 1.29 is 4.39 Å². The largest absolute Gasteiger partial charge is 0.319 e. The third kappa shape index (κ3) is 4.39. The highest BCUT2D eigenvalue weighted by Gasteiger charge is 2.21. The molecule has 5 heteroatoms. The van der Waals surface area contributed by atoms with Crippen molar-refractivity contribution in [3.8, 4) is 0 Å². The summed E-state index contributed by atoms with van der Waals surface area (Å²) in [6.07, 6.45) is 1.21. The van der Waals surface area contributed by atoms with Crippen LogP contribution in [0.1, 0.15) is 12.0 Å². The quantitative estimate of drug-likeness (QED) is 0.918. The van der Waals surface area contributed by atoms with E-state index in [0.717, 1.165) is 31.7 Å². The SMILES string of the molecule is CNCC1CCN(Cc2cc(F)cc(Cl)c2)C1.Cl. The minimum atomic E-state index is -0.251. The number of halogens is 3. The predicted molar refractivity (Wildman–Crippen MR) is 76.0 cm³/mol. The third-order valence-corrected chi connectivity index (χ3v) is 3.41. The first-order chi connectivity index (χ1) is 8.17. The van der Waals surface area contributed by atoms with E-state index in [9.17, 15) is 4.39 Å². The van der Waals surface area contributed by atoms with E-state index in [0.29, 0.717) is 10.9 Å². The molecule has 0 aliphatic carbocycles. The van der Waals surface area contributed by atoms with Crippen LogP contribution in [0.3, 0.4) is 0 Å². The maximum atomic E-state index is 13.2. The summed E-state index contributed by atoms with van der Waals surface area (Å²) in [7, 11) is 1.98. The Hall–Kier alpha value is -0.350. The van der Waals surface area contributed by atoms with Gasteiger partial charge in [0.05, 0.1) is 0 Å². The standard InChI is InChI=1S/C13H18ClFN2.ClH/c1-16-7-10-2-3-17(8-10)9-11-4-12(14)6-13(15)5-11;/h4-6,10,16H,2-3,7-9H2,1H3;1H. The van der Waals surface area contributed by atoms with Crippen LogP contribution in [0.2, 0.25) is 5.02 Å². The second kappa shape index (κ2) is 7.29. The van der Waals surface area contributed by atoms with Crippen LogP contribution < -0.4 is 5.32 Å². The first-order valence-electron chi connectivity index (χ1n) is 5.99. The molecule has 0 spiro atoms. The van der Waals surface area contributed by atoms with Crippen LogP contribution in [0.25, 0.3) is 0 Å². The summed E-state index contributed by atoms with van der Waals surface area (Å²) in [4.78, 5) is 2.35. The van der Waals surface area contributed by atoms with Crippen LogP contribution in [-0.2, 0) is 6.54 Å². The molecule has 2 nitrogen and oxygen atoms in total. The molecular weight excluding hydrogens is 274 g/mol. The highest BCUT2D eigenvalue weighted by atomic mass is 35.5. The van der Waals surface area contributed by atoms with Crippen molar-refractivity contribution in [1.29, 1.82) is 0 Å². The fourth-order valence-electron chi connectivity index (χ4n) is 2.47. The Morgan fingerprint density at radius 1 is 1.44 bits per heavy atom. The van der Waals surface area contributed by atoms with Gasteiger partial charge in [0.1, 0.15) is 5.82 Å². The Bertz CT molecular complexity index is 367. The topological polar surface area (TPSA) is 15.3 Å². The molecular formula is C13H19Cl2FN2. The zero-order valence-corrected chi connectivity index (χ0v) is 12.0. The molecule has 102 valence electrons. The van der Waals surface area contributed by atoms with Gasteiger partial charge in [-0.1, -0.05) is 11.6 Å². The zero-order chi connectivity index (χ0) is 12.3. The van der Waals surface area contributed by atoms with Gasteiger partial charge in [0.15, 0.2) is 0 Å². The Morgan fingerprint density at radius 3 is 2.89 bits per heavy atom. The van der Waals surface area contributed by atoms with Gasteiger partial charge in [0.2, 0.25) is 0 Å². The summed E-state index contributed by atoms with van der Waals surface area (Å²) in [5, 5.41) is 3.68. The number of benzene rings is 1. The monoisotopic (exact) mass is 292 g/mol. The molecule has 0 amide bonds. The van der Waals surface area contributed by atoms with Gasteiger partial charge in [0.25, 0.3) is 0 Å². The van der Waals surface area contributed by atoms with E-state index in [1.807, 2.05) is 13.1 Å². The molecule has 1 unspecified atom stereocenters. The molecule has 1 saturated heterocycles. The first kappa shape index (κ1) is 15.7. The smallest absolute Gasteiger partial charge is 0.125 e. The maximum absolute atomic E-state index is 13.2. The van der Waals surface area contributed by atoms with Gasteiger partial charge in [-0.25, -0.2) is 4.39 Å². The zero-order valence-electron chi connectivity index (χ0n) is 10.5. The summed E-state index contributed by atoms with van der Waals surface area (Å²) >= 11 is 5.85. The minimum absolute atomic E-state index is 0. The normalized spacial score (nSPS) is 19.8. The highest BCUT2D eigenvalue weighted by Crippen LogP contribution is 2.20. The summed E-state index contributed by atoms with van der Waals surface area (Å²) < 4.78 is 13.2. The number of rotatable bonds is 4. The average Bonchev–Trinajstić information content (AvgIpc) is 2.64. The van der Waals surface area contributed by atoms with E-state index in [-0.39, 0.29) is 18.2 Å². The van der Waals surface area contributed by atoms with Crippen LogP contribution in [0.15, 0.2) is 18.2 Å². The molecule has 1 fully saturated rings. The van der Waals surface area contributed by atoms with Crippen LogP contribution >= 0.6 is 24.0 Å². The van der Waals surface area contributed by atoms with Crippen LogP contribution in [0, 0.1) is 11.7 Å². The van der Waals surface area contributed by atoms with Crippen LogP contribution in [0.5, 0.6) is 0 Å². The summed E-state index contributed by atoms with van der Waals surface area (Å²) in [5.74, 6) is 0.461. The lowest BCUT2D eigenvalue weighted by Crippen LogP contribution is -2.24. The van der Waals surface area contributed by atoms with E-state index in [2.05, 4.69) is 10.2 Å². The average molecular weight is 293 g/mol. The minimum Gasteiger partial charge on any atom is -0.319 e. The van der Waals surface area contributed by atoms with E-state index in [4.69, 9.17) is 11.6 Å². The number of hydrogen-bond donors (Lipinski definition) is 1. The van der Waals surface area contributed by atoms with Gasteiger partial charge in [-0.2, -0.15) is 0 Å². The summed E-state index contributed by atoms with van der Waals surface area (Å²) in [6, 6.07) is 4.76. The lowest BCUT2D eigenvalue weighted by molar-refractivity contribution is 0.315. The molecule has 1 aliphatic rings. The fourth-order valence-corrected chi connectivity index (χ4v) is 2.72. The predicted octanol–water partition coefficient (Wildman–Crippen LogP) is 2.94. The molecule has 1 aromatic rings. The van der Waals surface area contributed by atoms with E-state index in [1.54, 1.807) is 6.07 Å². The van der Waals surface area contributed by atoms with E-state index >= 15 is 0 Å². The van der Waals surface area contributed by atoms with Crippen LogP contribution in [-0.4, -0.2) is 31.6 Å². The van der Waals surface area contributed by atoms with Crippen molar-refractivity contribution in [3.63, 3.8) is 0 Å². The molecule has 0 saturated carbocycles. The van der Waals surface area contributed by atoms with Gasteiger partial charge < -0.3 is 5.32 Å². The van der Waals surface area contributed by atoms with Gasteiger partial charge in [0, 0.05) is 18.1 Å². The molecule has 2 rings (SSSR count). The van der Waals surface area contributed by atoms with Gasteiger partial charge >= 0.3 is 0 Å². The number of hydrogen-bond acceptors (Lipinski definition) is 2. The molecule has 1 atom stereocenters.